The molecule has 0 bridgehead atoms. The second-order valence-electron chi connectivity index (χ2n) is 7.96. The Hall–Kier alpha value is -2.68. The number of carbonyl (C=O) groups excluding carboxylic acids is 1. The number of nitrogens with zero attached hydrogens (tertiary/aromatic N) is 1. The molecule has 3 aromatic rings. The molecule has 180 valence electrons. The molecule has 1 N–H and O–H groups in total. The van der Waals surface area contributed by atoms with Gasteiger partial charge in [0.25, 0.3) is 0 Å². The second kappa shape index (κ2) is 11.6. The lowest BCUT2D eigenvalue weighted by Crippen LogP contribution is -2.41. The molecule has 0 aromatic heterocycles. The third kappa shape index (κ3) is 6.68. The van der Waals surface area contributed by atoms with Crippen LogP contribution in [0.15, 0.2) is 82.2 Å². The highest BCUT2D eigenvalue weighted by atomic mass is 79.9. The topological polar surface area (TPSA) is 75.7 Å². The molecular formula is C26H29BrN2O4S. The van der Waals surface area contributed by atoms with Crippen molar-refractivity contribution in [2.24, 2.45) is 0 Å². The number of aryl methyl sites for hydroxylation is 1. The van der Waals surface area contributed by atoms with Crippen LogP contribution in [-0.4, -0.2) is 31.8 Å². The van der Waals surface area contributed by atoms with Crippen molar-refractivity contribution < 1.29 is 17.9 Å². The summed E-state index contributed by atoms with van der Waals surface area (Å²) in [6.45, 7) is 5.81. The zero-order valence-electron chi connectivity index (χ0n) is 19.5. The maximum atomic E-state index is 13.6. The van der Waals surface area contributed by atoms with Gasteiger partial charge in [-0.3, -0.25) is 4.79 Å². The molecule has 0 unspecified atom stereocenters. The zero-order chi connectivity index (χ0) is 24.7. The first kappa shape index (κ1) is 25.9. The van der Waals surface area contributed by atoms with E-state index in [1.54, 1.807) is 19.1 Å². The summed E-state index contributed by atoms with van der Waals surface area (Å²) < 4.78 is 34.9. The Morgan fingerprint density at radius 1 is 1.06 bits per heavy atom. The molecular weight excluding hydrogens is 516 g/mol. The van der Waals surface area contributed by atoms with Crippen LogP contribution in [0, 0.1) is 6.92 Å². The molecule has 6 nitrogen and oxygen atoms in total. The van der Waals surface area contributed by atoms with E-state index in [-0.39, 0.29) is 29.9 Å². The van der Waals surface area contributed by atoms with Crippen molar-refractivity contribution in [2.75, 3.05) is 13.2 Å². The summed E-state index contributed by atoms with van der Waals surface area (Å²) in [5.41, 5.74) is 2.44. The average molecular weight is 545 g/mol. The standard InChI is InChI=1S/C26H29BrN2O4S/c1-4-33-25-15-14-24(16-19(25)2)34(31,32)29(17-21-8-6-5-7-9-21)18-26(30)28-20(3)22-10-12-23(27)13-11-22/h5-16,20H,4,17-18H2,1-3H3,(H,28,30)/t20-/m1/s1. The van der Waals surface area contributed by atoms with Gasteiger partial charge in [0.05, 0.1) is 24.1 Å². The summed E-state index contributed by atoms with van der Waals surface area (Å²) in [6, 6.07) is 21.4. The van der Waals surface area contributed by atoms with E-state index >= 15 is 0 Å². The number of halogens is 1. The summed E-state index contributed by atoms with van der Waals surface area (Å²) in [4.78, 5) is 13.1. The van der Waals surface area contributed by atoms with E-state index in [0.717, 1.165) is 21.2 Å². The number of rotatable bonds is 10. The van der Waals surface area contributed by atoms with E-state index in [1.807, 2.05) is 68.4 Å². The normalized spacial score (nSPS) is 12.4. The molecule has 3 aromatic carbocycles. The summed E-state index contributed by atoms with van der Waals surface area (Å²) in [6.07, 6.45) is 0. The first-order chi connectivity index (χ1) is 16.2. The van der Waals surface area contributed by atoms with Crippen molar-refractivity contribution in [3.63, 3.8) is 0 Å². The number of hydrogen-bond donors (Lipinski definition) is 1. The maximum Gasteiger partial charge on any atom is 0.243 e. The van der Waals surface area contributed by atoms with Gasteiger partial charge >= 0.3 is 0 Å². The molecule has 0 fully saturated rings. The van der Waals surface area contributed by atoms with Gasteiger partial charge in [0, 0.05) is 11.0 Å². The van der Waals surface area contributed by atoms with E-state index in [2.05, 4.69) is 21.2 Å². The van der Waals surface area contributed by atoms with E-state index in [1.165, 1.54) is 10.4 Å². The number of nitrogens with one attached hydrogen (secondary N) is 1. The number of hydrogen-bond acceptors (Lipinski definition) is 4. The first-order valence-corrected chi connectivity index (χ1v) is 13.3. The lowest BCUT2D eigenvalue weighted by Gasteiger charge is -2.24. The summed E-state index contributed by atoms with van der Waals surface area (Å²) >= 11 is 3.40. The van der Waals surface area contributed by atoms with E-state index in [4.69, 9.17) is 4.74 Å². The lowest BCUT2D eigenvalue weighted by molar-refractivity contribution is -0.122. The van der Waals surface area contributed by atoms with Gasteiger partial charge < -0.3 is 10.1 Å². The number of benzene rings is 3. The Balaban J connectivity index is 1.85. The highest BCUT2D eigenvalue weighted by molar-refractivity contribution is 9.10. The third-order valence-electron chi connectivity index (χ3n) is 5.35. The summed E-state index contributed by atoms with van der Waals surface area (Å²) in [5, 5.41) is 2.91. The molecule has 0 aliphatic heterocycles. The quantitative estimate of drug-likeness (QED) is 0.379. The maximum absolute atomic E-state index is 13.6. The Kier molecular flexibility index (Phi) is 8.88. The average Bonchev–Trinajstić information content (AvgIpc) is 2.81. The van der Waals surface area contributed by atoms with Crippen molar-refractivity contribution in [2.45, 2.75) is 38.3 Å². The SMILES string of the molecule is CCOc1ccc(S(=O)(=O)N(CC(=O)N[C@H](C)c2ccc(Br)cc2)Cc2ccccc2)cc1C. The van der Waals surface area contributed by atoms with Gasteiger partial charge in [-0.2, -0.15) is 4.31 Å². The molecule has 3 rings (SSSR count). The van der Waals surface area contributed by atoms with Gasteiger partial charge in [-0.1, -0.05) is 58.4 Å². The fourth-order valence-corrected chi connectivity index (χ4v) is 5.28. The molecule has 1 amide bonds. The Labute approximate surface area is 210 Å². The van der Waals surface area contributed by atoms with Crippen LogP contribution in [-0.2, 0) is 21.4 Å². The fourth-order valence-electron chi connectivity index (χ4n) is 3.54. The number of amides is 1. The molecule has 1 atom stereocenters. The number of carbonyl (C=O) groups is 1. The summed E-state index contributed by atoms with van der Waals surface area (Å²) in [7, 11) is -3.94. The van der Waals surface area contributed by atoms with Crippen LogP contribution in [0.5, 0.6) is 5.75 Å². The van der Waals surface area contributed by atoms with Gasteiger partial charge in [0.15, 0.2) is 0 Å². The van der Waals surface area contributed by atoms with E-state index < -0.39 is 10.0 Å². The third-order valence-corrected chi connectivity index (χ3v) is 7.67. The van der Waals surface area contributed by atoms with Crippen LogP contribution in [0.1, 0.15) is 36.6 Å². The van der Waals surface area contributed by atoms with Gasteiger partial charge in [0.1, 0.15) is 5.75 Å². The van der Waals surface area contributed by atoms with Crippen LogP contribution in [0.4, 0.5) is 0 Å². The minimum Gasteiger partial charge on any atom is -0.494 e. The highest BCUT2D eigenvalue weighted by Crippen LogP contribution is 2.25. The molecule has 0 saturated heterocycles. The van der Waals surface area contributed by atoms with Crippen molar-refractivity contribution in [1.29, 1.82) is 0 Å². The number of sulfonamides is 1. The Morgan fingerprint density at radius 3 is 2.35 bits per heavy atom. The molecule has 0 heterocycles. The van der Waals surface area contributed by atoms with Crippen LogP contribution >= 0.6 is 15.9 Å². The van der Waals surface area contributed by atoms with Gasteiger partial charge in [-0.15, -0.1) is 0 Å². The van der Waals surface area contributed by atoms with Gasteiger partial charge in [-0.25, -0.2) is 8.42 Å². The van der Waals surface area contributed by atoms with Crippen LogP contribution in [0.25, 0.3) is 0 Å². The minimum atomic E-state index is -3.94. The first-order valence-electron chi connectivity index (χ1n) is 11.0. The predicted molar refractivity (Wildman–Crippen MR) is 137 cm³/mol. The van der Waals surface area contributed by atoms with E-state index in [0.29, 0.717) is 12.4 Å². The van der Waals surface area contributed by atoms with Crippen molar-refractivity contribution in [1.82, 2.24) is 9.62 Å². The van der Waals surface area contributed by atoms with Crippen LogP contribution < -0.4 is 10.1 Å². The van der Waals surface area contributed by atoms with Gasteiger partial charge in [0.2, 0.25) is 15.9 Å². The monoisotopic (exact) mass is 544 g/mol. The smallest absolute Gasteiger partial charge is 0.243 e. The zero-order valence-corrected chi connectivity index (χ0v) is 21.9. The molecule has 0 aliphatic rings. The predicted octanol–water partition coefficient (Wildman–Crippen LogP) is 5.22. The van der Waals surface area contributed by atoms with Crippen LogP contribution in [0.3, 0.4) is 0 Å². The van der Waals surface area contributed by atoms with Crippen molar-refractivity contribution >= 4 is 31.9 Å². The Bertz CT molecular complexity index is 1220. The van der Waals surface area contributed by atoms with Crippen molar-refractivity contribution in [3.8, 4) is 5.75 Å². The highest BCUT2D eigenvalue weighted by Gasteiger charge is 2.28. The van der Waals surface area contributed by atoms with Gasteiger partial charge in [-0.05, 0) is 67.8 Å². The lowest BCUT2D eigenvalue weighted by atomic mass is 10.1. The fraction of sp³-hybridized carbons (Fsp3) is 0.269. The van der Waals surface area contributed by atoms with E-state index in [9.17, 15) is 13.2 Å². The molecule has 8 heteroatoms. The molecule has 0 radical (unpaired) electrons. The molecule has 34 heavy (non-hydrogen) atoms. The minimum absolute atomic E-state index is 0.0789. The summed E-state index contributed by atoms with van der Waals surface area (Å²) in [5.74, 6) is 0.259. The Morgan fingerprint density at radius 2 is 1.74 bits per heavy atom. The number of ether oxygens (including phenoxy) is 1. The molecule has 0 aliphatic carbocycles. The second-order valence-corrected chi connectivity index (χ2v) is 10.8. The van der Waals surface area contributed by atoms with Crippen molar-refractivity contribution in [3.05, 3.63) is 94.0 Å². The largest absolute Gasteiger partial charge is 0.494 e. The van der Waals surface area contributed by atoms with Crippen LogP contribution in [0.2, 0.25) is 0 Å². The molecule has 0 saturated carbocycles. The molecule has 0 spiro atoms.